The molecule has 2 heterocycles. The number of carbonyl (C=O) groups excluding carboxylic acids is 1. The fourth-order valence-electron chi connectivity index (χ4n) is 2.90. The molecular weight excluding hydrogens is 376 g/mol. The number of H-pyrrole nitrogens is 1. The van der Waals surface area contributed by atoms with E-state index < -0.39 is 43.2 Å². The Labute approximate surface area is 159 Å². The second-order valence-electron chi connectivity index (χ2n) is 6.14. The first-order valence-electron chi connectivity index (χ1n) is 8.11. The molecule has 1 aromatic heterocycles. The summed E-state index contributed by atoms with van der Waals surface area (Å²) in [6.45, 7) is -0.622. The Hall–Kier alpha value is -2.28. The molecule has 1 fully saturated rings. The topological polar surface area (TPSA) is 164 Å². The number of nitrogens with two attached hydrogens (primary N) is 1. The van der Waals surface area contributed by atoms with Gasteiger partial charge in [-0.2, -0.15) is 0 Å². The monoisotopic (exact) mass is 396 g/mol. The summed E-state index contributed by atoms with van der Waals surface area (Å²) >= 11 is 4.91. The summed E-state index contributed by atoms with van der Waals surface area (Å²) in [5.74, 6) is -0.615. The van der Waals surface area contributed by atoms with Crippen molar-refractivity contribution >= 4 is 34.1 Å². The molecule has 27 heavy (non-hydrogen) atoms. The first-order chi connectivity index (χ1) is 12.8. The van der Waals surface area contributed by atoms with Gasteiger partial charge in [-0.3, -0.25) is 10.2 Å². The van der Waals surface area contributed by atoms with E-state index in [0.29, 0.717) is 0 Å². The van der Waals surface area contributed by atoms with Gasteiger partial charge in [-0.15, -0.1) is 0 Å². The van der Waals surface area contributed by atoms with Crippen molar-refractivity contribution in [2.75, 3.05) is 6.61 Å². The Kier molecular flexibility index (Phi) is 5.60. The molecule has 1 aliphatic rings. The van der Waals surface area contributed by atoms with E-state index in [9.17, 15) is 25.2 Å². The maximum absolute atomic E-state index is 12.6. The van der Waals surface area contributed by atoms with E-state index in [-0.39, 0.29) is 10.8 Å². The van der Waals surface area contributed by atoms with E-state index in [0.717, 1.165) is 15.9 Å². The number of fused-ring (bicyclic) bond motifs is 1. The summed E-state index contributed by atoms with van der Waals surface area (Å²) in [7, 11) is 0. The molecule has 1 aliphatic heterocycles. The Morgan fingerprint density at radius 2 is 1.96 bits per heavy atom. The van der Waals surface area contributed by atoms with Crippen molar-refractivity contribution in [1.29, 1.82) is 0 Å². The number of thiocarbonyl (C=S) groups is 1. The Balaban J connectivity index is 1.82. The number of hydrogen-bond acceptors (Lipinski definition) is 7. The highest BCUT2D eigenvalue weighted by Gasteiger charge is 2.46. The number of aromatic nitrogens is 1. The van der Waals surface area contributed by atoms with E-state index in [2.05, 4.69) is 10.4 Å². The van der Waals surface area contributed by atoms with Crippen LogP contribution in [0.5, 0.6) is 0 Å². The maximum Gasteiger partial charge on any atom is 0.286 e. The zero-order valence-corrected chi connectivity index (χ0v) is 14.8. The number of aliphatic hydroxyl groups excluding tert-OH is 4. The molecule has 1 amide bonds. The fourth-order valence-corrected chi connectivity index (χ4v) is 3.05. The second-order valence-corrected chi connectivity index (χ2v) is 6.56. The molecule has 1 aromatic carbocycles. The van der Waals surface area contributed by atoms with Crippen LogP contribution in [0.1, 0.15) is 10.5 Å². The van der Waals surface area contributed by atoms with Crippen LogP contribution in [-0.2, 0) is 4.74 Å². The largest absolute Gasteiger partial charge is 0.394 e. The van der Waals surface area contributed by atoms with Crippen LogP contribution in [0, 0.1) is 0 Å². The van der Waals surface area contributed by atoms with Crippen LogP contribution >= 0.6 is 12.2 Å². The van der Waals surface area contributed by atoms with Gasteiger partial charge >= 0.3 is 0 Å². The van der Waals surface area contributed by atoms with Crippen molar-refractivity contribution in [1.82, 2.24) is 15.4 Å². The van der Waals surface area contributed by atoms with Crippen molar-refractivity contribution in [3.05, 3.63) is 36.0 Å². The van der Waals surface area contributed by atoms with Gasteiger partial charge < -0.3 is 35.9 Å². The van der Waals surface area contributed by atoms with Crippen LogP contribution in [-0.4, -0.2) is 78.7 Å². The van der Waals surface area contributed by atoms with Crippen LogP contribution in [0.3, 0.4) is 0 Å². The smallest absolute Gasteiger partial charge is 0.286 e. The van der Waals surface area contributed by atoms with Gasteiger partial charge in [0.2, 0.25) is 0 Å². The molecule has 8 N–H and O–H groups in total. The van der Waals surface area contributed by atoms with Crippen molar-refractivity contribution < 1.29 is 30.0 Å². The third kappa shape index (κ3) is 3.74. The number of nitrogens with zero attached hydrogens (tertiary/aromatic N) is 1. The van der Waals surface area contributed by atoms with E-state index in [1.807, 2.05) is 18.2 Å². The number of ether oxygens (including phenoxy) is 1. The van der Waals surface area contributed by atoms with Crippen molar-refractivity contribution in [3.63, 3.8) is 0 Å². The van der Waals surface area contributed by atoms with Gasteiger partial charge in [0.1, 0.15) is 30.1 Å². The molecule has 11 heteroatoms. The lowest BCUT2D eigenvalue weighted by Gasteiger charge is -2.44. The van der Waals surface area contributed by atoms with Crippen LogP contribution in [0.25, 0.3) is 10.9 Å². The van der Waals surface area contributed by atoms with E-state index in [4.69, 9.17) is 22.7 Å². The number of carbonyl (C=O) groups is 1. The average molecular weight is 396 g/mol. The molecule has 5 atom stereocenters. The van der Waals surface area contributed by atoms with Crippen LogP contribution < -0.4 is 11.2 Å². The van der Waals surface area contributed by atoms with Crippen LogP contribution in [0.4, 0.5) is 0 Å². The lowest BCUT2D eigenvalue weighted by molar-refractivity contribution is -0.259. The Bertz CT molecular complexity index is 810. The predicted molar refractivity (Wildman–Crippen MR) is 98.2 cm³/mol. The first kappa shape index (κ1) is 19.5. The minimum Gasteiger partial charge on any atom is -0.394 e. The lowest BCUT2D eigenvalue weighted by Crippen LogP contribution is -2.67. The van der Waals surface area contributed by atoms with Gasteiger partial charge in [-0.1, -0.05) is 18.2 Å². The summed E-state index contributed by atoms with van der Waals surface area (Å²) in [5, 5.41) is 40.6. The summed E-state index contributed by atoms with van der Waals surface area (Å²) in [5.41, 5.74) is 9.00. The highest BCUT2D eigenvalue weighted by Crippen LogP contribution is 2.23. The standard InChI is InChI=1S/C16H20N4O6S/c17-16(27)20(15-13(24)12(23)11(22)10(6-21)26-15)19-14(25)9-5-7-3-1-2-4-8(7)18-9/h1-5,10-13,15,18,21-24H,6H2,(H2,17,27)(H,19,25)/t10-,11-,12+,13-,15-/m1/s1. The van der Waals surface area contributed by atoms with E-state index in [1.54, 1.807) is 12.1 Å². The summed E-state index contributed by atoms with van der Waals surface area (Å²) < 4.78 is 5.37. The average Bonchev–Trinajstić information content (AvgIpc) is 3.09. The predicted octanol–water partition coefficient (Wildman–Crippen LogP) is -1.84. The Morgan fingerprint density at radius 3 is 2.59 bits per heavy atom. The highest BCUT2D eigenvalue weighted by atomic mass is 32.1. The molecule has 0 saturated carbocycles. The van der Waals surface area contributed by atoms with Gasteiger partial charge in [0.25, 0.3) is 5.91 Å². The SMILES string of the molecule is NC(=S)N(NC(=O)c1cc2ccccc2[nH]1)[C@@H]1O[C@H](CO)[C@@H](O)[C@H](O)[C@H]1O. The zero-order valence-electron chi connectivity index (χ0n) is 14.0. The summed E-state index contributed by atoms with van der Waals surface area (Å²) in [6, 6.07) is 8.89. The molecular formula is C16H20N4O6S. The number of para-hydroxylation sites is 1. The molecule has 146 valence electrons. The Morgan fingerprint density at radius 1 is 1.26 bits per heavy atom. The first-order valence-corrected chi connectivity index (χ1v) is 8.52. The third-order valence-electron chi connectivity index (χ3n) is 4.36. The van der Waals surface area contributed by atoms with Gasteiger partial charge in [-0.25, -0.2) is 5.01 Å². The van der Waals surface area contributed by atoms with Crippen LogP contribution in [0.2, 0.25) is 0 Å². The molecule has 0 unspecified atom stereocenters. The molecule has 3 rings (SSSR count). The van der Waals surface area contributed by atoms with Crippen molar-refractivity contribution in [2.45, 2.75) is 30.6 Å². The molecule has 0 radical (unpaired) electrons. The molecule has 0 bridgehead atoms. The fraction of sp³-hybridized carbons (Fsp3) is 0.375. The van der Waals surface area contributed by atoms with E-state index in [1.165, 1.54) is 0 Å². The normalized spacial score (nSPS) is 28.1. The number of hydrazine groups is 1. The summed E-state index contributed by atoms with van der Waals surface area (Å²) in [6.07, 6.45) is -7.41. The zero-order chi connectivity index (χ0) is 19.7. The van der Waals surface area contributed by atoms with Gasteiger partial charge in [0.15, 0.2) is 11.3 Å². The third-order valence-corrected chi connectivity index (χ3v) is 4.55. The molecule has 10 nitrogen and oxygen atoms in total. The minimum absolute atomic E-state index is 0.210. The van der Waals surface area contributed by atoms with Gasteiger partial charge in [0, 0.05) is 10.9 Å². The summed E-state index contributed by atoms with van der Waals surface area (Å²) in [4.78, 5) is 15.5. The second kappa shape index (κ2) is 7.76. The lowest BCUT2D eigenvalue weighted by atomic mass is 9.98. The molecule has 1 saturated heterocycles. The number of amides is 1. The number of aliphatic hydroxyl groups is 4. The minimum atomic E-state index is -1.65. The van der Waals surface area contributed by atoms with Gasteiger partial charge in [0.05, 0.1) is 6.61 Å². The van der Waals surface area contributed by atoms with Crippen LogP contribution in [0.15, 0.2) is 30.3 Å². The van der Waals surface area contributed by atoms with E-state index >= 15 is 0 Å². The maximum atomic E-state index is 12.6. The number of nitrogens with one attached hydrogen (secondary N) is 2. The van der Waals surface area contributed by atoms with Crippen molar-refractivity contribution in [3.8, 4) is 0 Å². The highest BCUT2D eigenvalue weighted by molar-refractivity contribution is 7.80. The molecule has 2 aromatic rings. The number of hydrogen-bond donors (Lipinski definition) is 7. The number of benzene rings is 1. The quantitative estimate of drug-likeness (QED) is 0.233. The van der Waals surface area contributed by atoms with Crippen molar-refractivity contribution in [2.24, 2.45) is 5.73 Å². The number of rotatable bonds is 3. The number of aromatic amines is 1. The molecule has 0 spiro atoms. The molecule has 0 aliphatic carbocycles. The van der Waals surface area contributed by atoms with Gasteiger partial charge in [-0.05, 0) is 24.4 Å².